The zero-order valence-electron chi connectivity index (χ0n) is 11.4. The van der Waals surface area contributed by atoms with Gasteiger partial charge < -0.3 is 0 Å². The van der Waals surface area contributed by atoms with Crippen LogP contribution in [0.1, 0.15) is 21.7 Å². The summed E-state index contributed by atoms with van der Waals surface area (Å²) in [6, 6.07) is 6.28. The Kier molecular flexibility index (Phi) is 3.63. The standard InChI is InChI=1S/C13H15N3O3S/c1-9-13(10(2)16(3)14-9)20(18,19)15-12-6-4-5-11(7-12)8-17/h4-8,15H,1-3H3. The third-order valence-corrected chi connectivity index (χ3v) is 4.62. The molecule has 0 aliphatic rings. The lowest BCUT2D eigenvalue weighted by Crippen LogP contribution is -2.15. The quantitative estimate of drug-likeness (QED) is 0.869. The molecule has 1 aromatic heterocycles. The van der Waals surface area contributed by atoms with Crippen molar-refractivity contribution in [2.24, 2.45) is 7.05 Å². The van der Waals surface area contributed by atoms with E-state index in [0.717, 1.165) is 0 Å². The second-order valence-electron chi connectivity index (χ2n) is 4.47. The van der Waals surface area contributed by atoms with E-state index in [2.05, 4.69) is 9.82 Å². The molecule has 20 heavy (non-hydrogen) atoms. The van der Waals surface area contributed by atoms with Crippen LogP contribution in [0.3, 0.4) is 0 Å². The molecule has 0 unspecified atom stereocenters. The lowest BCUT2D eigenvalue weighted by molar-refractivity contribution is 0.112. The Balaban J connectivity index is 2.43. The molecule has 2 aromatic rings. The number of aryl methyl sites for hydroxylation is 2. The molecule has 1 N–H and O–H groups in total. The highest BCUT2D eigenvalue weighted by Gasteiger charge is 2.23. The highest BCUT2D eigenvalue weighted by atomic mass is 32.2. The smallest absolute Gasteiger partial charge is 0.265 e. The molecule has 7 heteroatoms. The van der Waals surface area contributed by atoms with Crippen LogP contribution in [0.4, 0.5) is 5.69 Å². The van der Waals surface area contributed by atoms with E-state index in [1.165, 1.54) is 10.7 Å². The first-order valence-electron chi connectivity index (χ1n) is 5.93. The predicted octanol–water partition coefficient (Wildman–Crippen LogP) is 1.65. The highest BCUT2D eigenvalue weighted by Crippen LogP contribution is 2.22. The van der Waals surface area contributed by atoms with Crippen molar-refractivity contribution in [2.45, 2.75) is 18.7 Å². The van der Waals surface area contributed by atoms with E-state index >= 15 is 0 Å². The summed E-state index contributed by atoms with van der Waals surface area (Å²) in [7, 11) is -2.04. The van der Waals surface area contributed by atoms with Gasteiger partial charge in [-0.05, 0) is 26.0 Å². The normalized spacial score (nSPS) is 11.3. The second kappa shape index (κ2) is 5.09. The van der Waals surface area contributed by atoms with E-state index in [4.69, 9.17) is 0 Å². The van der Waals surface area contributed by atoms with Crippen LogP contribution in [0.25, 0.3) is 0 Å². The van der Waals surface area contributed by atoms with Crippen molar-refractivity contribution in [1.82, 2.24) is 9.78 Å². The number of anilines is 1. The van der Waals surface area contributed by atoms with Gasteiger partial charge in [0.05, 0.1) is 11.4 Å². The fourth-order valence-corrected chi connectivity index (χ4v) is 3.51. The molecule has 0 bridgehead atoms. The largest absolute Gasteiger partial charge is 0.298 e. The molecule has 0 aliphatic heterocycles. The fourth-order valence-electron chi connectivity index (χ4n) is 2.02. The van der Waals surface area contributed by atoms with Gasteiger partial charge >= 0.3 is 0 Å². The first kappa shape index (κ1) is 14.3. The van der Waals surface area contributed by atoms with Crippen LogP contribution in [-0.4, -0.2) is 24.5 Å². The number of aldehydes is 1. The molecule has 0 saturated carbocycles. The topological polar surface area (TPSA) is 81.1 Å². The molecule has 0 fully saturated rings. The minimum absolute atomic E-state index is 0.163. The van der Waals surface area contributed by atoms with Crippen LogP contribution in [-0.2, 0) is 17.1 Å². The molecule has 0 aliphatic carbocycles. The van der Waals surface area contributed by atoms with Crippen LogP contribution < -0.4 is 4.72 Å². The molecule has 1 heterocycles. The highest BCUT2D eigenvalue weighted by molar-refractivity contribution is 7.92. The van der Waals surface area contributed by atoms with Gasteiger partial charge in [0.15, 0.2) is 0 Å². The summed E-state index contributed by atoms with van der Waals surface area (Å²) in [5.74, 6) is 0. The van der Waals surface area contributed by atoms with Crippen LogP contribution in [0.15, 0.2) is 29.2 Å². The van der Waals surface area contributed by atoms with Gasteiger partial charge in [-0.15, -0.1) is 0 Å². The van der Waals surface area contributed by atoms with Crippen molar-refractivity contribution in [1.29, 1.82) is 0 Å². The van der Waals surface area contributed by atoms with Gasteiger partial charge in [0, 0.05) is 18.3 Å². The molecule has 1 aromatic carbocycles. The molecular weight excluding hydrogens is 278 g/mol. The van der Waals surface area contributed by atoms with Gasteiger partial charge in [-0.3, -0.25) is 14.2 Å². The van der Waals surface area contributed by atoms with Crippen molar-refractivity contribution >= 4 is 22.0 Å². The van der Waals surface area contributed by atoms with Crippen LogP contribution >= 0.6 is 0 Å². The Labute approximate surface area is 117 Å². The van der Waals surface area contributed by atoms with Crippen molar-refractivity contribution in [3.05, 3.63) is 41.2 Å². The van der Waals surface area contributed by atoms with E-state index in [1.807, 2.05) is 0 Å². The maximum Gasteiger partial charge on any atom is 0.265 e. The molecular formula is C13H15N3O3S. The van der Waals surface area contributed by atoms with Crippen molar-refractivity contribution in [3.63, 3.8) is 0 Å². The van der Waals surface area contributed by atoms with Gasteiger partial charge in [0.2, 0.25) is 0 Å². The molecule has 2 rings (SSSR count). The number of carbonyl (C=O) groups excluding carboxylic acids is 1. The van der Waals surface area contributed by atoms with Gasteiger partial charge in [-0.1, -0.05) is 12.1 Å². The molecule has 0 amide bonds. The number of nitrogens with zero attached hydrogens (tertiary/aromatic N) is 2. The Hall–Kier alpha value is -2.15. The van der Waals surface area contributed by atoms with Crippen LogP contribution in [0, 0.1) is 13.8 Å². The Morgan fingerprint density at radius 2 is 2.00 bits per heavy atom. The summed E-state index contributed by atoms with van der Waals surface area (Å²) in [4.78, 5) is 10.9. The number of sulfonamides is 1. The molecule has 0 radical (unpaired) electrons. The maximum absolute atomic E-state index is 12.4. The third-order valence-electron chi connectivity index (χ3n) is 2.99. The number of hydrogen-bond acceptors (Lipinski definition) is 4. The van der Waals surface area contributed by atoms with Gasteiger partial charge in [-0.25, -0.2) is 8.42 Å². The third kappa shape index (κ3) is 2.57. The molecule has 0 saturated heterocycles. The Morgan fingerprint density at radius 1 is 1.30 bits per heavy atom. The summed E-state index contributed by atoms with van der Waals surface area (Å²) >= 11 is 0. The number of rotatable bonds is 4. The Bertz CT molecular complexity index is 763. The summed E-state index contributed by atoms with van der Waals surface area (Å²) < 4.78 is 28.8. The predicted molar refractivity (Wildman–Crippen MR) is 75.3 cm³/mol. The zero-order chi connectivity index (χ0) is 14.9. The van der Waals surface area contributed by atoms with E-state index in [1.54, 1.807) is 39.1 Å². The fraction of sp³-hybridized carbons (Fsp3) is 0.231. The number of hydrogen-bond donors (Lipinski definition) is 1. The molecule has 0 spiro atoms. The van der Waals surface area contributed by atoms with Crippen molar-refractivity contribution in [3.8, 4) is 0 Å². The minimum Gasteiger partial charge on any atom is -0.298 e. The van der Waals surface area contributed by atoms with E-state index < -0.39 is 10.0 Å². The van der Waals surface area contributed by atoms with Gasteiger partial charge in [0.1, 0.15) is 11.2 Å². The first-order chi connectivity index (χ1) is 9.35. The number of benzene rings is 1. The van der Waals surface area contributed by atoms with Crippen molar-refractivity contribution < 1.29 is 13.2 Å². The Morgan fingerprint density at radius 3 is 2.55 bits per heavy atom. The SMILES string of the molecule is Cc1nn(C)c(C)c1S(=O)(=O)Nc1cccc(C=O)c1. The summed E-state index contributed by atoms with van der Waals surface area (Å²) in [6.07, 6.45) is 0.665. The van der Waals surface area contributed by atoms with E-state index in [-0.39, 0.29) is 4.90 Å². The number of aromatic nitrogens is 2. The zero-order valence-corrected chi connectivity index (χ0v) is 12.2. The van der Waals surface area contributed by atoms with E-state index in [9.17, 15) is 13.2 Å². The lowest BCUT2D eigenvalue weighted by atomic mass is 10.2. The van der Waals surface area contributed by atoms with Crippen molar-refractivity contribution in [2.75, 3.05) is 4.72 Å². The maximum atomic E-state index is 12.4. The minimum atomic E-state index is -3.73. The second-order valence-corrected chi connectivity index (χ2v) is 6.09. The molecule has 0 atom stereocenters. The number of carbonyl (C=O) groups is 1. The summed E-state index contributed by atoms with van der Waals surface area (Å²) in [6.45, 7) is 3.33. The summed E-state index contributed by atoms with van der Waals surface area (Å²) in [5, 5.41) is 4.09. The average molecular weight is 293 g/mol. The van der Waals surface area contributed by atoms with Gasteiger partial charge in [0.25, 0.3) is 10.0 Å². The monoisotopic (exact) mass is 293 g/mol. The average Bonchev–Trinajstić information content (AvgIpc) is 2.63. The van der Waals surface area contributed by atoms with Crippen LogP contribution in [0.5, 0.6) is 0 Å². The van der Waals surface area contributed by atoms with Crippen LogP contribution in [0.2, 0.25) is 0 Å². The first-order valence-corrected chi connectivity index (χ1v) is 7.41. The molecule has 6 nitrogen and oxygen atoms in total. The summed E-state index contributed by atoms with van der Waals surface area (Å²) in [5.41, 5.74) is 1.74. The lowest BCUT2D eigenvalue weighted by Gasteiger charge is -2.08. The van der Waals surface area contributed by atoms with E-state index in [0.29, 0.717) is 28.9 Å². The van der Waals surface area contributed by atoms with Gasteiger partial charge in [-0.2, -0.15) is 5.10 Å². The number of nitrogens with one attached hydrogen (secondary N) is 1. The molecule has 106 valence electrons.